The summed E-state index contributed by atoms with van der Waals surface area (Å²) in [6.45, 7) is 3.81. The smallest absolute Gasteiger partial charge is 0.221 e. The van der Waals surface area contributed by atoms with E-state index < -0.39 is 0 Å². The van der Waals surface area contributed by atoms with Crippen LogP contribution in [0.4, 0.5) is 0 Å². The predicted octanol–water partition coefficient (Wildman–Crippen LogP) is 0.598. The molecule has 3 nitrogen and oxygen atoms in total. The topological polar surface area (TPSA) is 55.1 Å². The average Bonchev–Trinajstić information content (AvgIpc) is 1.82. The quantitative estimate of drug-likeness (QED) is 0.568. The SMILES string of the molecule is CCCCC(=O)NC(C)N. The van der Waals surface area contributed by atoms with Gasteiger partial charge in [0.15, 0.2) is 0 Å². The Morgan fingerprint density at radius 3 is 2.70 bits per heavy atom. The first-order valence-electron chi connectivity index (χ1n) is 3.71. The lowest BCUT2D eigenvalue weighted by atomic mass is 10.2. The predicted molar refractivity (Wildman–Crippen MR) is 41.3 cm³/mol. The van der Waals surface area contributed by atoms with Gasteiger partial charge in [0, 0.05) is 6.42 Å². The number of nitrogens with two attached hydrogens (primary N) is 1. The molecule has 0 saturated heterocycles. The molecule has 0 bridgehead atoms. The second-order valence-electron chi connectivity index (χ2n) is 2.46. The Bertz CT molecular complexity index is 102. The molecule has 3 heteroatoms. The van der Waals surface area contributed by atoms with Gasteiger partial charge in [-0.15, -0.1) is 0 Å². The van der Waals surface area contributed by atoms with Gasteiger partial charge in [0.25, 0.3) is 0 Å². The Balaban J connectivity index is 3.26. The molecule has 0 aromatic carbocycles. The minimum Gasteiger partial charge on any atom is -0.341 e. The third-order valence-electron chi connectivity index (χ3n) is 1.15. The summed E-state index contributed by atoms with van der Waals surface area (Å²) in [6, 6.07) is 0. The Kier molecular flexibility index (Phi) is 4.94. The molecule has 0 fully saturated rings. The first kappa shape index (κ1) is 9.43. The van der Waals surface area contributed by atoms with Gasteiger partial charge in [-0.25, -0.2) is 0 Å². The van der Waals surface area contributed by atoms with E-state index in [1.165, 1.54) is 0 Å². The van der Waals surface area contributed by atoms with Crippen LogP contribution in [0.5, 0.6) is 0 Å². The standard InChI is InChI=1S/C7H16N2O/c1-3-4-5-7(10)9-6(2)8/h6H,3-5,8H2,1-2H3,(H,9,10). The minimum absolute atomic E-state index is 0.0526. The van der Waals surface area contributed by atoms with Crippen molar-refractivity contribution in [1.29, 1.82) is 0 Å². The summed E-state index contributed by atoms with van der Waals surface area (Å²) in [5.41, 5.74) is 5.33. The molecule has 0 saturated carbocycles. The molecule has 10 heavy (non-hydrogen) atoms. The van der Waals surface area contributed by atoms with Crippen molar-refractivity contribution in [3.05, 3.63) is 0 Å². The van der Waals surface area contributed by atoms with E-state index in [1.807, 2.05) is 0 Å². The van der Waals surface area contributed by atoms with Crippen molar-refractivity contribution >= 4 is 5.91 Å². The van der Waals surface area contributed by atoms with Crippen LogP contribution < -0.4 is 11.1 Å². The highest BCUT2D eigenvalue weighted by Crippen LogP contribution is 1.92. The first-order chi connectivity index (χ1) is 4.66. The molecular weight excluding hydrogens is 128 g/mol. The monoisotopic (exact) mass is 144 g/mol. The number of hydrogen-bond donors (Lipinski definition) is 2. The summed E-state index contributed by atoms with van der Waals surface area (Å²) in [5, 5.41) is 2.62. The van der Waals surface area contributed by atoms with E-state index in [4.69, 9.17) is 5.73 Å². The van der Waals surface area contributed by atoms with Crippen molar-refractivity contribution in [2.24, 2.45) is 5.73 Å². The fraction of sp³-hybridized carbons (Fsp3) is 0.857. The van der Waals surface area contributed by atoms with Gasteiger partial charge in [0.05, 0.1) is 6.17 Å². The van der Waals surface area contributed by atoms with Crippen LogP contribution >= 0.6 is 0 Å². The van der Waals surface area contributed by atoms with Gasteiger partial charge in [0.2, 0.25) is 5.91 Å². The lowest BCUT2D eigenvalue weighted by Crippen LogP contribution is -2.38. The van der Waals surface area contributed by atoms with Crippen molar-refractivity contribution in [2.75, 3.05) is 0 Å². The van der Waals surface area contributed by atoms with Crippen molar-refractivity contribution in [2.45, 2.75) is 39.3 Å². The summed E-state index contributed by atoms with van der Waals surface area (Å²) in [5.74, 6) is 0.0526. The van der Waals surface area contributed by atoms with Crippen LogP contribution in [-0.2, 0) is 4.79 Å². The molecule has 0 aromatic rings. The summed E-state index contributed by atoms with van der Waals surface area (Å²) >= 11 is 0. The molecule has 0 rings (SSSR count). The Morgan fingerprint density at radius 2 is 2.30 bits per heavy atom. The maximum absolute atomic E-state index is 10.8. The van der Waals surface area contributed by atoms with E-state index in [0.717, 1.165) is 12.8 Å². The molecule has 1 unspecified atom stereocenters. The van der Waals surface area contributed by atoms with Crippen LogP contribution in [0.15, 0.2) is 0 Å². The summed E-state index contributed by atoms with van der Waals surface area (Å²) < 4.78 is 0. The normalized spacial score (nSPS) is 12.7. The van der Waals surface area contributed by atoms with E-state index >= 15 is 0 Å². The third kappa shape index (κ3) is 5.56. The van der Waals surface area contributed by atoms with E-state index in [-0.39, 0.29) is 12.1 Å². The number of unbranched alkanes of at least 4 members (excludes halogenated alkanes) is 1. The van der Waals surface area contributed by atoms with Crippen LogP contribution in [0, 0.1) is 0 Å². The van der Waals surface area contributed by atoms with Gasteiger partial charge in [-0.2, -0.15) is 0 Å². The van der Waals surface area contributed by atoms with Crippen molar-refractivity contribution in [3.8, 4) is 0 Å². The fourth-order valence-electron chi connectivity index (χ4n) is 0.663. The highest BCUT2D eigenvalue weighted by Gasteiger charge is 2.00. The first-order valence-corrected chi connectivity index (χ1v) is 3.71. The number of amides is 1. The summed E-state index contributed by atoms with van der Waals surface area (Å²) in [4.78, 5) is 10.8. The molecular formula is C7H16N2O. The maximum Gasteiger partial charge on any atom is 0.221 e. The number of rotatable bonds is 4. The molecule has 1 amide bonds. The highest BCUT2D eigenvalue weighted by atomic mass is 16.1. The van der Waals surface area contributed by atoms with Crippen LogP contribution in [0.2, 0.25) is 0 Å². The largest absolute Gasteiger partial charge is 0.341 e. The molecule has 1 atom stereocenters. The zero-order valence-corrected chi connectivity index (χ0v) is 6.68. The van der Waals surface area contributed by atoms with Crippen molar-refractivity contribution in [3.63, 3.8) is 0 Å². The summed E-state index contributed by atoms with van der Waals surface area (Å²) in [7, 11) is 0. The minimum atomic E-state index is -0.218. The van der Waals surface area contributed by atoms with E-state index in [2.05, 4.69) is 12.2 Å². The second-order valence-corrected chi connectivity index (χ2v) is 2.46. The molecule has 0 aliphatic rings. The number of carbonyl (C=O) groups is 1. The molecule has 0 radical (unpaired) electrons. The highest BCUT2D eigenvalue weighted by molar-refractivity contribution is 5.75. The molecule has 60 valence electrons. The van der Waals surface area contributed by atoms with Gasteiger partial charge in [0.1, 0.15) is 0 Å². The van der Waals surface area contributed by atoms with Crippen LogP contribution in [0.1, 0.15) is 33.1 Å². The molecule has 0 aliphatic carbocycles. The van der Waals surface area contributed by atoms with E-state index in [0.29, 0.717) is 6.42 Å². The van der Waals surface area contributed by atoms with E-state index in [1.54, 1.807) is 6.92 Å². The summed E-state index contributed by atoms with van der Waals surface area (Å²) in [6.07, 6.45) is 2.37. The zero-order chi connectivity index (χ0) is 7.98. The van der Waals surface area contributed by atoms with Crippen LogP contribution in [0.3, 0.4) is 0 Å². The number of nitrogens with one attached hydrogen (secondary N) is 1. The van der Waals surface area contributed by atoms with Crippen molar-refractivity contribution in [1.82, 2.24) is 5.32 Å². The van der Waals surface area contributed by atoms with Gasteiger partial charge in [-0.1, -0.05) is 13.3 Å². The lowest BCUT2D eigenvalue weighted by molar-refractivity contribution is -0.121. The van der Waals surface area contributed by atoms with Gasteiger partial charge in [-0.05, 0) is 13.3 Å². The molecule has 0 aromatic heterocycles. The van der Waals surface area contributed by atoms with Crippen LogP contribution in [0.25, 0.3) is 0 Å². The maximum atomic E-state index is 10.8. The average molecular weight is 144 g/mol. The Morgan fingerprint density at radius 1 is 1.70 bits per heavy atom. The molecule has 0 aliphatic heterocycles. The van der Waals surface area contributed by atoms with Crippen molar-refractivity contribution < 1.29 is 4.79 Å². The Labute approximate surface area is 62.0 Å². The zero-order valence-electron chi connectivity index (χ0n) is 6.68. The number of hydrogen-bond acceptors (Lipinski definition) is 2. The van der Waals surface area contributed by atoms with Gasteiger partial charge >= 0.3 is 0 Å². The Hall–Kier alpha value is -0.570. The number of carbonyl (C=O) groups excluding carboxylic acids is 1. The van der Waals surface area contributed by atoms with E-state index in [9.17, 15) is 4.79 Å². The fourth-order valence-corrected chi connectivity index (χ4v) is 0.663. The molecule has 0 heterocycles. The van der Waals surface area contributed by atoms with Gasteiger partial charge < -0.3 is 11.1 Å². The molecule has 0 spiro atoms. The second kappa shape index (κ2) is 5.23. The van der Waals surface area contributed by atoms with Crippen LogP contribution in [-0.4, -0.2) is 12.1 Å². The third-order valence-corrected chi connectivity index (χ3v) is 1.15. The molecule has 3 N–H and O–H groups in total. The van der Waals surface area contributed by atoms with Gasteiger partial charge in [-0.3, -0.25) is 4.79 Å². The lowest BCUT2D eigenvalue weighted by Gasteiger charge is -2.06.